The van der Waals surface area contributed by atoms with E-state index in [9.17, 15) is 9.59 Å². The summed E-state index contributed by atoms with van der Waals surface area (Å²) < 4.78 is 4.78. The molecule has 104 valence electrons. The van der Waals surface area contributed by atoms with Crippen molar-refractivity contribution in [1.82, 2.24) is 10.6 Å². The van der Waals surface area contributed by atoms with Crippen LogP contribution in [0.3, 0.4) is 0 Å². The van der Waals surface area contributed by atoms with Gasteiger partial charge in [-0.15, -0.1) is 0 Å². The summed E-state index contributed by atoms with van der Waals surface area (Å²) in [5.74, 6) is -0.675. The molecule has 0 radical (unpaired) electrons. The van der Waals surface area contributed by atoms with Gasteiger partial charge in [0.05, 0.1) is 23.2 Å². The molecule has 19 heavy (non-hydrogen) atoms. The Morgan fingerprint density at radius 2 is 1.95 bits per heavy atom. The van der Waals surface area contributed by atoms with Crippen molar-refractivity contribution in [3.8, 4) is 0 Å². The van der Waals surface area contributed by atoms with Crippen molar-refractivity contribution in [1.29, 1.82) is 0 Å². The Morgan fingerprint density at radius 1 is 1.21 bits per heavy atom. The maximum atomic E-state index is 11.7. The molecule has 0 saturated carbocycles. The second-order valence-corrected chi connectivity index (χ2v) is 4.47. The van der Waals surface area contributed by atoms with E-state index in [1.807, 2.05) is 0 Å². The van der Waals surface area contributed by atoms with Gasteiger partial charge >= 0.3 is 0 Å². The van der Waals surface area contributed by atoms with E-state index in [1.165, 1.54) is 25.3 Å². The largest absolute Gasteiger partial charge is 0.383 e. The van der Waals surface area contributed by atoms with E-state index in [-0.39, 0.29) is 18.4 Å². The minimum Gasteiger partial charge on any atom is -0.383 e. The Balaban J connectivity index is 2.42. The van der Waals surface area contributed by atoms with Crippen LogP contribution in [0.15, 0.2) is 18.2 Å². The molecule has 0 aliphatic heterocycles. The molecule has 0 aliphatic carbocycles. The van der Waals surface area contributed by atoms with Crippen LogP contribution in [-0.2, 0) is 9.53 Å². The van der Waals surface area contributed by atoms with E-state index < -0.39 is 0 Å². The molecule has 0 spiro atoms. The summed E-state index contributed by atoms with van der Waals surface area (Å²) in [6.07, 6.45) is 0. The van der Waals surface area contributed by atoms with Crippen molar-refractivity contribution in [2.24, 2.45) is 0 Å². The molecule has 1 rings (SSSR count). The standard InChI is InChI=1S/C12H14Cl2N2O3/c1-19-5-4-15-11(17)7-16-12(18)8-2-3-9(13)10(14)6-8/h2-3,6H,4-5,7H2,1H3,(H,15,17)(H,16,18). The van der Waals surface area contributed by atoms with Gasteiger partial charge in [0, 0.05) is 19.2 Å². The number of rotatable bonds is 6. The highest BCUT2D eigenvalue weighted by Gasteiger charge is 2.09. The van der Waals surface area contributed by atoms with Crippen molar-refractivity contribution < 1.29 is 14.3 Å². The van der Waals surface area contributed by atoms with Gasteiger partial charge in [-0.05, 0) is 18.2 Å². The lowest BCUT2D eigenvalue weighted by atomic mass is 10.2. The van der Waals surface area contributed by atoms with E-state index >= 15 is 0 Å². The maximum absolute atomic E-state index is 11.7. The highest BCUT2D eigenvalue weighted by atomic mass is 35.5. The first kappa shape index (κ1) is 15.8. The molecule has 2 amide bonds. The quantitative estimate of drug-likeness (QED) is 0.782. The Hall–Kier alpha value is -1.30. The average Bonchev–Trinajstić information content (AvgIpc) is 2.39. The van der Waals surface area contributed by atoms with Gasteiger partial charge in [0.25, 0.3) is 5.91 Å². The highest BCUT2D eigenvalue weighted by molar-refractivity contribution is 6.42. The Labute approximate surface area is 121 Å². The zero-order valence-corrected chi connectivity index (χ0v) is 11.8. The van der Waals surface area contributed by atoms with E-state index in [0.717, 1.165) is 0 Å². The number of carbonyl (C=O) groups excluding carboxylic acids is 2. The Kier molecular flexibility index (Phi) is 6.62. The second kappa shape index (κ2) is 7.99. The van der Waals surface area contributed by atoms with Gasteiger partial charge in [0.1, 0.15) is 0 Å². The molecule has 0 unspecified atom stereocenters. The van der Waals surface area contributed by atoms with E-state index in [0.29, 0.717) is 28.8 Å². The lowest BCUT2D eigenvalue weighted by Crippen LogP contribution is -2.38. The third kappa shape index (κ3) is 5.46. The van der Waals surface area contributed by atoms with Crippen molar-refractivity contribution in [2.45, 2.75) is 0 Å². The van der Waals surface area contributed by atoms with Crippen LogP contribution in [0.1, 0.15) is 10.4 Å². The predicted octanol–water partition coefficient (Wildman–Crippen LogP) is 1.49. The molecule has 0 aromatic heterocycles. The number of nitrogens with one attached hydrogen (secondary N) is 2. The number of carbonyl (C=O) groups is 2. The molecule has 0 heterocycles. The first-order valence-corrected chi connectivity index (χ1v) is 6.29. The monoisotopic (exact) mass is 304 g/mol. The van der Waals surface area contributed by atoms with Crippen molar-refractivity contribution >= 4 is 35.0 Å². The molecular formula is C12H14Cl2N2O3. The van der Waals surface area contributed by atoms with Gasteiger partial charge in [-0.3, -0.25) is 9.59 Å². The molecule has 5 nitrogen and oxygen atoms in total. The SMILES string of the molecule is COCCNC(=O)CNC(=O)c1ccc(Cl)c(Cl)c1. The smallest absolute Gasteiger partial charge is 0.251 e. The summed E-state index contributed by atoms with van der Waals surface area (Å²) in [7, 11) is 1.54. The molecule has 0 fully saturated rings. The number of amides is 2. The molecular weight excluding hydrogens is 291 g/mol. The average molecular weight is 305 g/mol. The lowest BCUT2D eigenvalue weighted by molar-refractivity contribution is -0.120. The maximum Gasteiger partial charge on any atom is 0.251 e. The number of benzene rings is 1. The molecule has 2 N–H and O–H groups in total. The fraction of sp³-hybridized carbons (Fsp3) is 0.333. The fourth-order valence-electron chi connectivity index (χ4n) is 1.26. The van der Waals surface area contributed by atoms with E-state index in [2.05, 4.69) is 10.6 Å². The van der Waals surface area contributed by atoms with Crippen LogP contribution in [0.25, 0.3) is 0 Å². The third-order valence-electron chi connectivity index (χ3n) is 2.22. The summed E-state index contributed by atoms with van der Waals surface area (Å²) in [5.41, 5.74) is 0.346. The van der Waals surface area contributed by atoms with Crippen LogP contribution in [0.2, 0.25) is 10.0 Å². The predicted molar refractivity (Wildman–Crippen MR) is 73.7 cm³/mol. The summed E-state index contributed by atoms with van der Waals surface area (Å²) in [6, 6.07) is 4.51. The summed E-state index contributed by atoms with van der Waals surface area (Å²) in [6.45, 7) is 0.716. The summed E-state index contributed by atoms with van der Waals surface area (Å²) in [4.78, 5) is 23.1. The van der Waals surface area contributed by atoms with Gasteiger partial charge in [-0.2, -0.15) is 0 Å². The van der Waals surface area contributed by atoms with Crippen LogP contribution in [-0.4, -0.2) is 38.6 Å². The molecule has 0 saturated heterocycles. The van der Waals surface area contributed by atoms with Crippen molar-refractivity contribution in [3.05, 3.63) is 33.8 Å². The molecule has 0 atom stereocenters. The van der Waals surface area contributed by atoms with Crippen LogP contribution in [0, 0.1) is 0 Å². The normalized spacial score (nSPS) is 10.1. The molecule has 0 aliphatic rings. The number of hydrogen-bond acceptors (Lipinski definition) is 3. The minimum absolute atomic E-state index is 0.108. The first-order valence-electron chi connectivity index (χ1n) is 5.53. The van der Waals surface area contributed by atoms with Gasteiger partial charge in [0.2, 0.25) is 5.91 Å². The summed E-state index contributed by atoms with van der Waals surface area (Å²) >= 11 is 11.5. The number of methoxy groups -OCH3 is 1. The van der Waals surface area contributed by atoms with E-state index in [1.54, 1.807) is 0 Å². The molecule has 0 bridgehead atoms. The van der Waals surface area contributed by atoms with Crippen LogP contribution in [0.4, 0.5) is 0 Å². The Bertz CT molecular complexity index is 466. The highest BCUT2D eigenvalue weighted by Crippen LogP contribution is 2.22. The zero-order valence-electron chi connectivity index (χ0n) is 10.3. The zero-order chi connectivity index (χ0) is 14.3. The Morgan fingerprint density at radius 3 is 2.58 bits per heavy atom. The van der Waals surface area contributed by atoms with Gasteiger partial charge in [-0.25, -0.2) is 0 Å². The molecule has 1 aromatic carbocycles. The van der Waals surface area contributed by atoms with E-state index in [4.69, 9.17) is 27.9 Å². The van der Waals surface area contributed by atoms with Gasteiger partial charge in [-0.1, -0.05) is 23.2 Å². The molecule has 1 aromatic rings. The van der Waals surface area contributed by atoms with Crippen molar-refractivity contribution in [2.75, 3.05) is 26.8 Å². The number of hydrogen-bond donors (Lipinski definition) is 2. The number of halogens is 2. The van der Waals surface area contributed by atoms with Gasteiger partial charge < -0.3 is 15.4 Å². The fourth-order valence-corrected chi connectivity index (χ4v) is 1.55. The summed E-state index contributed by atoms with van der Waals surface area (Å²) in [5, 5.41) is 5.73. The lowest BCUT2D eigenvalue weighted by Gasteiger charge is -2.07. The molecule has 7 heteroatoms. The van der Waals surface area contributed by atoms with Crippen LogP contribution < -0.4 is 10.6 Å². The van der Waals surface area contributed by atoms with Crippen LogP contribution >= 0.6 is 23.2 Å². The van der Waals surface area contributed by atoms with Gasteiger partial charge in [0.15, 0.2) is 0 Å². The topological polar surface area (TPSA) is 67.4 Å². The second-order valence-electron chi connectivity index (χ2n) is 3.65. The first-order chi connectivity index (χ1) is 9.04. The van der Waals surface area contributed by atoms with Crippen LogP contribution in [0.5, 0.6) is 0 Å². The third-order valence-corrected chi connectivity index (χ3v) is 2.96. The minimum atomic E-state index is -0.388. The number of ether oxygens (including phenoxy) is 1. The van der Waals surface area contributed by atoms with Crippen molar-refractivity contribution in [3.63, 3.8) is 0 Å².